The van der Waals surface area contributed by atoms with Crippen LogP contribution in [0.3, 0.4) is 0 Å². The SMILES string of the molecule is CCCC(N)CC(=O)Cc1ccccc1Cl. The van der Waals surface area contributed by atoms with Crippen LogP contribution in [0.15, 0.2) is 24.3 Å². The molecule has 0 aromatic heterocycles. The van der Waals surface area contributed by atoms with E-state index in [2.05, 4.69) is 6.92 Å². The maximum Gasteiger partial charge on any atom is 0.138 e. The molecule has 88 valence electrons. The molecule has 2 nitrogen and oxygen atoms in total. The predicted octanol–water partition coefficient (Wildman–Crippen LogP) is 2.97. The second-order valence-corrected chi connectivity index (χ2v) is 4.47. The molecule has 0 spiro atoms. The first kappa shape index (κ1) is 13.2. The fourth-order valence-electron chi connectivity index (χ4n) is 1.69. The number of ketones is 1. The highest BCUT2D eigenvalue weighted by atomic mass is 35.5. The lowest BCUT2D eigenvalue weighted by Gasteiger charge is -2.09. The summed E-state index contributed by atoms with van der Waals surface area (Å²) in [6, 6.07) is 7.42. The molecule has 16 heavy (non-hydrogen) atoms. The molecule has 2 N–H and O–H groups in total. The van der Waals surface area contributed by atoms with Gasteiger partial charge in [-0.3, -0.25) is 4.79 Å². The lowest BCUT2D eigenvalue weighted by Crippen LogP contribution is -2.24. The van der Waals surface area contributed by atoms with E-state index in [1.165, 1.54) is 0 Å². The zero-order valence-corrected chi connectivity index (χ0v) is 10.3. The standard InChI is InChI=1S/C13H18ClNO/c1-2-5-11(15)9-12(16)8-10-6-3-4-7-13(10)14/h3-4,6-7,11H,2,5,8-9,15H2,1H3. The number of benzene rings is 1. The molecular formula is C13H18ClNO. The lowest BCUT2D eigenvalue weighted by atomic mass is 10.0. The van der Waals surface area contributed by atoms with E-state index < -0.39 is 0 Å². The number of hydrogen-bond donors (Lipinski definition) is 1. The molecule has 1 aromatic carbocycles. The molecule has 0 heterocycles. The van der Waals surface area contributed by atoms with E-state index in [0.717, 1.165) is 18.4 Å². The van der Waals surface area contributed by atoms with Gasteiger partial charge in [-0.2, -0.15) is 0 Å². The van der Waals surface area contributed by atoms with Crippen LogP contribution in [0.2, 0.25) is 5.02 Å². The van der Waals surface area contributed by atoms with Crippen molar-refractivity contribution < 1.29 is 4.79 Å². The van der Waals surface area contributed by atoms with Crippen molar-refractivity contribution in [1.82, 2.24) is 0 Å². The van der Waals surface area contributed by atoms with E-state index >= 15 is 0 Å². The van der Waals surface area contributed by atoms with Crippen molar-refractivity contribution in [1.29, 1.82) is 0 Å². The molecule has 0 aliphatic rings. The first-order chi connectivity index (χ1) is 7.63. The van der Waals surface area contributed by atoms with Crippen molar-refractivity contribution in [3.8, 4) is 0 Å². The third-order valence-corrected chi connectivity index (χ3v) is 2.86. The molecule has 0 aliphatic heterocycles. The van der Waals surface area contributed by atoms with Gasteiger partial charge in [0, 0.05) is 23.9 Å². The minimum absolute atomic E-state index is 0.0139. The van der Waals surface area contributed by atoms with Gasteiger partial charge in [0.1, 0.15) is 5.78 Å². The molecule has 0 saturated carbocycles. The molecular weight excluding hydrogens is 222 g/mol. The lowest BCUT2D eigenvalue weighted by molar-refractivity contribution is -0.118. The van der Waals surface area contributed by atoms with Gasteiger partial charge in [-0.05, 0) is 18.1 Å². The monoisotopic (exact) mass is 239 g/mol. The summed E-state index contributed by atoms with van der Waals surface area (Å²) in [5.74, 6) is 0.161. The molecule has 0 radical (unpaired) electrons. The summed E-state index contributed by atoms with van der Waals surface area (Å²) >= 11 is 5.98. The van der Waals surface area contributed by atoms with Gasteiger partial charge in [-0.1, -0.05) is 43.1 Å². The number of nitrogens with two attached hydrogens (primary N) is 1. The summed E-state index contributed by atoms with van der Waals surface area (Å²) in [5.41, 5.74) is 6.71. The molecule has 0 amide bonds. The highest BCUT2D eigenvalue weighted by Crippen LogP contribution is 2.16. The van der Waals surface area contributed by atoms with Crippen molar-refractivity contribution in [2.45, 2.75) is 38.6 Å². The highest BCUT2D eigenvalue weighted by molar-refractivity contribution is 6.31. The van der Waals surface area contributed by atoms with Crippen LogP contribution in [0.5, 0.6) is 0 Å². The topological polar surface area (TPSA) is 43.1 Å². The van der Waals surface area contributed by atoms with Crippen LogP contribution in [0.4, 0.5) is 0 Å². The van der Waals surface area contributed by atoms with Crippen LogP contribution in [0, 0.1) is 0 Å². The summed E-state index contributed by atoms with van der Waals surface area (Å²) in [5, 5.41) is 0.653. The first-order valence-corrected chi connectivity index (χ1v) is 6.02. The largest absolute Gasteiger partial charge is 0.327 e. The molecule has 1 unspecified atom stereocenters. The number of halogens is 1. The minimum atomic E-state index is -0.0139. The number of rotatable bonds is 6. The van der Waals surface area contributed by atoms with Crippen LogP contribution in [0.25, 0.3) is 0 Å². The average Bonchev–Trinajstić information content (AvgIpc) is 2.21. The normalized spacial score (nSPS) is 12.4. The molecule has 1 aromatic rings. The predicted molar refractivity (Wildman–Crippen MR) is 67.7 cm³/mol. The maximum absolute atomic E-state index is 11.7. The third-order valence-electron chi connectivity index (χ3n) is 2.49. The van der Waals surface area contributed by atoms with Gasteiger partial charge in [0.05, 0.1) is 0 Å². The van der Waals surface area contributed by atoms with E-state index in [0.29, 0.717) is 17.9 Å². The number of carbonyl (C=O) groups excluding carboxylic acids is 1. The second-order valence-electron chi connectivity index (χ2n) is 4.06. The first-order valence-electron chi connectivity index (χ1n) is 5.64. The number of Topliss-reactive ketones (excluding diaryl/α,β-unsaturated/α-hetero) is 1. The Morgan fingerprint density at radius 2 is 2.12 bits per heavy atom. The fourth-order valence-corrected chi connectivity index (χ4v) is 1.89. The van der Waals surface area contributed by atoms with E-state index in [-0.39, 0.29) is 11.8 Å². The fraction of sp³-hybridized carbons (Fsp3) is 0.462. The summed E-state index contributed by atoms with van der Waals surface area (Å²) in [6.45, 7) is 2.07. The second kappa shape index (κ2) is 6.66. The summed E-state index contributed by atoms with van der Waals surface area (Å²) < 4.78 is 0. The molecule has 3 heteroatoms. The van der Waals surface area contributed by atoms with Crippen LogP contribution < -0.4 is 5.73 Å². The molecule has 0 fully saturated rings. The van der Waals surface area contributed by atoms with Crippen molar-refractivity contribution in [2.24, 2.45) is 5.73 Å². The Kier molecular flexibility index (Phi) is 5.50. The highest BCUT2D eigenvalue weighted by Gasteiger charge is 2.10. The zero-order valence-electron chi connectivity index (χ0n) is 9.58. The molecule has 0 bridgehead atoms. The van der Waals surface area contributed by atoms with E-state index in [9.17, 15) is 4.79 Å². The Morgan fingerprint density at radius 3 is 2.75 bits per heavy atom. The van der Waals surface area contributed by atoms with Crippen LogP contribution >= 0.6 is 11.6 Å². The number of hydrogen-bond acceptors (Lipinski definition) is 2. The van der Waals surface area contributed by atoms with Crippen LogP contribution in [0.1, 0.15) is 31.7 Å². The van der Waals surface area contributed by atoms with E-state index in [4.69, 9.17) is 17.3 Å². The quantitative estimate of drug-likeness (QED) is 0.830. The van der Waals surface area contributed by atoms with Gasteiger partial charge < -0.3 is 5.73 Å². The summed E-state index contributed by atoms with van der Waals surface area (Å²) in [4.78, 5) is 11.7. The van der Waals surface area contributed by atoms with Crippen molar-refractivity contribution >= 4 is 17.4 Å². The van der Waals surface area contributed by atoms with Crippen LogP contribution in [-0.4, -0.2) is 11.8 Å². The van der Waals surface area contributed by atoms with Gasteiger partial charge in [0.2, 0.25) is 0 Å². The van der Waals surface area contributed by atoms with Gasteiger partial charge in [0.15, 0.2) is 0 Å². The van der Waals surface area contributed by atoms with E-state index in [1.54, 1.807) is 6.07 Å². The maximum atomic E-state index is 11.7. The smallest absolute Gasteiger partial charge is 0.138 e. The van der Waals surface area contributed by atoms with Gasteiger partial charge in [0.25, 0.3) is 0 Å². The minimum Gasteiger partial charge on any atom is -0.327 e. The average molecular weight is 240 g/mol. The van der Waals surface area contributed by atoms with Crippen LogP contribution in [-0.2, 0) is 11.2 Å². The molecule has 0 saturated heterocycles. The van der Waals surface area contributed by atoms with Gasteiger partial charge >= 0.3 is 0 Å². The van der Waals surface area contributed by atoms with E-state index in [1.807, 2.05) is 18.2 Å². The van der Waals surface area contributed by atoms with Gasteiger partial charge in [-0.25, -0.2) is 0 Å². The molecule has 1 atom stereocenters. The Morgan fingerprint density at radius 1 is 1.44 bits per heavy atom. The Balaban J connectivity index is 2.49. The molecule has 0 aliphatic carbocycles. The molecule has 1 rings (SSSR count). The zero-order chi connectivity index (χ0) is 12.0. The third kappa shape index (κ3) is 4.33. The number of carbonyl (C=O) groups is 1. The van der Waals surface area contributed by atoms with Crippen molar-refractivity contribution in [2.75, 3.05) is 0 Å². The summed E-state index contributed by atoms with van der Waals surface area (Å²) in [7, 11) is 0. The van der Waals surface area contributed by atoms with Crippen molar-refractivity contribution in [3.63, 3.8) is 0 Å². The Hall–Kier alpha value is -0.860. The Bertz CT molecular complexity index is 352. The Labute approximate surface area is 102 Å². The van der Waals surface area contributed by atoms with Crippen molar-refractivity contribution in [3.05, 3.63) is 34.9 Å². The summed E-state index contributed by atoms with van der Waals surface area (Å²) in [6.07, 6.45) is 2.74. The van der Waals surface area contributed by atoms with Gasteiger partial charge in [-0.15, -0.1) is 0 Å².